The number of nitrogens with zero attached hydrogens (tertiary/aromatic N) is 5. The van der Waals surface area contributed by atoms with Crippen molar-refractivity contribution in [3.8, 4) is 0 Å². The van der Waals surface area contributed by atoms with E-state index < -0.39 is 11.7 Å². The fraction of sp³-hybridized carbons (Fsp3) is 0.480. The molecule has 11 heteroatoms. The standard InChI is InChI=1S/C25H29F3N6O2/c26-25(27,28)19-3-1-18(2-4-19)21-15-36-12-11-34(21)24-20-7-10-33(23(20)30-16-31-24)13-17-5-8-32(9-6-17)14-22(29)35/h1-4,7,10,16-17,21H,5-6,8-9,11-15H2,(H2,29,35)/t21-/m1/s1. The Morgan fingerprint density at radius 1 is 1.08 bits per heavy atom. The van der Waals surface area contributed by atoms with Crippen molar-refractivity contribution in [3.63, 3.8) is 0 Å². The quantitative estimate of drug-likeness (QED) is 0.557. The number of nitrogens with two attached hydrogens (primary N) is 1. The van der Waals surface area contributed by atoms with Gasteiger partial charge in [-0.3, -0.25) is 9.69 Å². The Labute approximate surface area is 206 Å². The van der Waals surface area contributed by atoms with Crippen LogP contribution in [-0.4, -0.2) is 64.7 Å². The van der Waals surface area contributed by atoms with Crippen molar-refractivity contribution in [2.45, 2.75) is 31.6 Å². The number of piperidine rings is 1. The van der Waals surface area contributed by atoms with Crippen molar-refractivity contribution in [2.75, 3.05) is 44.3 Å². The van der Waals surface area contributed by atoms with Crippen LogP contribution in [0.25, 0.3) is 11.0 Å². The maximum Gasteiger partial charge on any atom is 0.416 e. The molecule has 0 unspecified atom stereocenters. The number of halogens is 3. The lowest BCUT2D eigenvalue weighted by atomic mass is 9.96. The van der Waals surface area contributed by atoms with Crippen LogP contribution in [-0.2, 0) is 22.3 Å². The maximum atomic E-state index is 13.0. The summed E-state index contributed by atoms with van der Waals surface area (Å²) in [6.07, 6.45) is 1.14. The van der Waals surface area contributed by atoms with Crippen LogP contribution in [0.3, 0.4) is 0 Å². The maximum absolute atomic E-state index is 13.0. The van der Waals surface area contributed by atoms with E-state index >= 15 is 0 Å². The van der Waals surface area contributed by atoms with Crippen LogP contribution < -0.4 is 10.6 Å². The molecule has 8 nitrogen and oxygen atoms in total. The number of likely N-dealkylation sites (tertiary alicyclic amines) is 1. The van der Waals surface area contributed by atoms with Gasteiger partial charge in [-0.2, -0.15) is 13.2 Å². The number of fused-ring (bicyclic) bond motifs is 1. The van der Waals surface area contributed by atoms with E-state index in [0.717, 1.165) is 67.0 Å². The lowest BCUT2D eigenvalue weighted by Crippen LogP contribution is -2.40. The van der Waals surface area contributed by atoms with E-state index in [2.05, 4.69) is 24.3 Å². The molecular weight excluding hydrogens is 473 g/mol. The zero-order valence-electron chi connectivity index (χ0n) is 19.8. The highest BCUT2D eigenvalue weighted by Crippen LogP contribution is 2.35. The molecule has 2 fully saturated rings. The Balaban J connectivity index is 1.36. The minimum absolute atomic E-state index is 0.253. The number of amides is 1. The van der Waals surface area contributed by atoms with Gasteiger partial charge in [-0.05, 0) is 55.6 Å². The highest BCUT2D eigenvalue weighted by atomic mass is 19.4. The van der Waals surface area contributed by atoms with Gasteiger partial charge in [0.2, 0.25) is 5.91 Å². The number of anilines is 1. The minimum Gasteiger partial charge on any atom is -0.377 e. The number of aromatic nitrogens is 3. The van der Waals surface area contributed by atoms with Crippen LogP contribution >= 0.6 is 0 Å². The van der Waals surface area contributed by atoms with Gasteiger partial charge in [0.05, 0.1) is 36.8 Å². The summed E-state index contributed by atoms with van der Waals surface area (Å²) in [5.74, 6) is 0.918. The number of carbonyl (C=O) groups excluding carboxylic acids is 1. The van der Waals surface area contributed by atoms with Crippen LogP contribution in [0.4, 0.5) is 19.0 Å². The number of rotatable bonds is 6. The van der Waals surface area contributed by atoms with E-state index in [1.165, 1.54) is 12.1 Å². The monoisotopic (exact) mass is 502 g/mol. The SMILES string of the molecule is NC(=O)CN1CCC(Cn2ccc3c(N4CCOC[C@@H]4c4ccc(C(F)(F)F)cc4)ncnc32)CC1. The van der Waals surface area contributed by atoms with Crippen LogP contribution in [0, 0.1) is 5.92 Å². The van der Waals surface area contributed by atoms with E-state index in [1.54, 1.807) is 6.33 Å². The molecule has 2 N–H and O–H groups in total. The minimum atomic E-state index is -4.37. The summed E-state index contributed by atoms with van der Waals surface area (Å²) >= 11 is 0. The van der Waals surface area contributed by atoms with Gasteiger partial charge < -0.3 is 19.9 Å². The number of primary amides is 1. The molecule has 2 aromatic heterocycles. The van der Waals surface area contributed by atoms with Gasteiger partial charge in [0, 0.05) is 19.3 Å². The first kappa shape index (κ1) is 24.5. The second kappa shape index (κ2) is 10.1. The molecule has 0 bridgehead atoms. The Morgan fingerprint density at radius 3 is 2.53 bits per heavy atom. The van der Waals surface area contributed by atoms with Crippen LogP contribution in [0.15, 0.2) is 42.9 Å². The van der Waals surface area contributed by atoms with Crippen LogP contribution in [0.5, 0.6) is 0 Å². The average Bonchev–Trinajstić information content (AvgIpc) is 3.27. The zero-order chi connectivity index (χ0) is 25.3. The molecule has 2 aliphatic rings. The molecule has 1 amide bonds. The number of alkyl halides is 3. The second-order valence-electron chi connectivity index (χ2n) is 9.49. The molecule has 1 aromatic carbocycles. The van der Waals surface area contributed by atoms with Gasteiger partial charge in [0.15, 0.2) is 0 Å². The number of benzene rings is 1. The third-order valence-corrected chi connectivity index (χ3v) is 7.10. The summed E-state index contributed by atoms with van der Waals surface area (Å²) in [6, 6.07) is 7.02. The summed E-state index contributed by atoms with van der Waals surface area (Å²) in [4.78, 5) is 24.5. The zero-order valence-corrected chi connectivity index (χ0v) is 19.8. The van der Waals surface area contributed by atoms with Crippen molar-refractivity contribution in [2.24, 2.45) is 11.7 Å². The Bertz CT molecular complexity index is 1200. The van der Waals surface area contributed by atoms with E-state index in [9.17, 15) is 18.0 Å². The number of morpholine rings is 1. The highest BCUT2D eigenvalue weighted by Gasteiger charge is 2.32. The van der Waals surface area contributed by atoms with Gasteiger partial charge in [-0.25, -0.2) is 9.97 Å². The summed E-state index contributed by atoms with van der Waals surface area (Å²) in [5.41, 5.74) is 6.23. The van der Waals surface area contributed by atoms with Crippen molar-refractivity contribution in [1.82, 2.24) is 19.4 Å². The summed E-state index contributed by atoms with van der Waals surface area (Å²) < 4.78 is 47.0. The fourth-order valence-corrected chi connectivity index (χ4v) is 5.22. The Kier molecular flexibility index (Phi) is 6.85. The molecule has 2 aliphatic heterocycles. The molecular formula is C25H29F3N6O2. The molecule has 2 saturated heterocycles. The van der Waals surface area contributed by atoms with E-state index in [1.807, 2.05) is 12.3 Å². The second-order valence-corrected chi connectivity index (χ2v) is 9.49. The van der Waals surface area contributed by atoms with Gasteiger partial charge in [0.25, 0.3) is 0 Å². The molecule has 0 saturated carbocycles. The normalized spacial score (nSPS) is 20.2. The molecule has 1 atom stereocenters. The van der Waals surface area contributed by atoms with Gasteiger partial charge in [-0.15, -0.1) is 0 Å². The average molecular weight is 503 g/mol. The largest absolute Gasteiger partial charge is 0.416 e. The van der Waals surface area contributed by atoms with Crippen molar-refractivity contribution in [3.05, 3.63) is 54.0 Å². The number of carbonyl (C=O) groups is 1. The molecule has 0 radical (unpaired) electrons. The molecule has 0 spiro atoms. The molecule has 36 heavy (non-hydrogen) atoms. The Morgan fingerprint density at radius 2 is 1.83 bits per heavy atom. The summed E-state index contributed by atoms with van der Waals surface area (Å²) in [7, 11) is 0. The van der Waals surface area contributed by atoms with Crippen LogP contribution in [0.2, 0.25) is 0 Å². The van der Waals surface area contributed by atoms with Crippen molar-refractivity contribution < 1.29 is 22.7 Å². The lowest BCUT2D eigenvalue weighted by Gasteiger charge is -2.37. The number of ether oxygens (including phenoxy) is 1. The Hall–Kier alpha value is -3.18. The third-order valence-electron chi connectivity index (χ3n) is 7.10. The van der Waals surface area contributed by atoms with Crippen LogP contribution in [0.1, 0.15) is 30.0 Å². The van der Waals surface area contributed by atoms with E-state index in [-0.39, 0.29) is 11.9 Å². The van der Waals surface area contributed by atoms with Gasteiger partial charge in [-0.1, -0.05) is 12.1 Å². The smallest absolute Gasteiger partial charge is 0.377 e. The number of hydrogen-bond acceptors (Lipinski definition) is 6. The van der Waals surface area contributed by atoms with Gasteiger partial charge >= 0.3 is 6.18 Å². The molecule has 4 heterocycles. The van der Waals surface area contributed by atoms with Crippen molar-refractivity contribution >= 4 is 22.8 Å². The highest BCUT2D eigenvalue weighted by molar-refractivity contribution is 5.88. The fourth-order valence-electron chi connectivity index (χ4n) is 5.22. The van der Waals surface area contributed by atoms with E-state index in [0.29, 0.717) is 32.2 Å². The summed E-state index contributed by atoms with van der Waals surface area (Å²) in [6.45, 7) is 4.24. The predicted molar refractivity (Wildman–Crippen MR) is 128 cm³/mol. The topological polar surface area (TPSA) is 89.5 Å². The first-order valence-electron chi connectivity index (χ1n) is 12.1. The molecule has 3 aromatic rings. The van der Waals surface area contributed by atoms with Gasteiger partial charge in [0.1, 0.15) is 17.8 Å². The van der Waals surface area contributed by atoms with E-state index in [4.69, 9.17) is 10.5 Å². The molecule has 0 aliphatic carbocycles. The predicted octanol–water partition coefficient (Wildman–Crippen LogP) is 3.23. The lowest BCUT2D eigenvalue weighted by molar-refractivity contribution is -0.137. The van der Waals surface area contributed by atoms with Crippen molar-refractivity contribution in [1.29, 1.82) is 0 Å². The molecule has 5 rings (SSSR count). The first-order chi connectivity index (χ1) is 17.3. The third kappa shape index (κ3) is 5.17. The molecule has 192 valence electrons. The first-order valence-corrected chi connectivity index (χ1v) is 12.1. The number of hydrogen-bond donors (Lipinski definition) is 1. The summed E-state index contributed by atoms with van der Waals surface area (Å²) in [5, 5.41) is 0.905.